The van der Waals surface area contributed by atoms with Crippen molar-refractivity contribution in [2.24, 2.45) is 5.92 Å². The Kier molecular flexibility index (Phi) is 4.23. The Labute approximate surface area is 130 Å². The molecule has 0 saturated heterocycles. The standard InChI is InChI=1S/C17H22ClNO2/c18-14-4-1-3-13(11-14)17(8-2-9-17)16(21)19-15(7-10-20)12-5-6-12/h1,3-4,11-12,15,20H,2,5-10H2,(H,19,21). The Bertz CT molecular complexity index is 523. The van der Waals surface area contributed by atoms with Gasteiger partial charge in [-0.3, -0.25) is 4.79 Å². The second-order valence-corrected chi connectivity index (χ2v) is 6.81. The molecule has 3 rings (SSSR count). The lowest BCUT2D eigenvalue weighted by molar-refractivity contribution is -0.131. The third-order valence-corrected chi connectivity index (χ3v) is 5.20. The fourth-order valence-electron chi connectivity index (χ4n) is 3.33. The SMILES string of the molecule is O=C(NC(CCO)C1CC1)C1(c2cccc(Cl)c2)CCC1. The normalized spacial score (nSPS) is 21.4. The van der Waals surface area contributed by atoms with Crippen molar-refractivity contribution in [3.63, 3.8) is 0 Å². The molecular weight excluding hydrogens is 286 g/mol. The fraction of sp³-hybridized carbons (Fsp3) is 0.588. The first-order valence-electron chi connectivity index (χ1n) is 7.83. The van der Waals surface area contributed by atoms with E-state index in [1.165, 1.54) is 0 Å². The topological polar surface area (TPSA) is 49.3 Å². The van der Waals surface area contributed by atoms with Crippen LogP contribution in [-0.2, 0) is 10.2 Å². The van der Waals surface area contributed by atoms with E-state index < -0.39 is 5.41 Å². The number of carbonyl (C=O) groups excluding carboxylic acids is 1. The molecule has 0 bridgehead atoms. The van der Waals surface area contributed by atoms with Crippen molar-refractivity contribution in [1.82, 2.24) is 5.32 Å². The summed E-state index contributed by atoms with van der Waals surface area (Å²) in [5, 5.41) is 13.1. The summed E-state index contributed by atoms with van der Waals surface area (Å²) in [4.78, 5) is 12.8. The third kappa shape index (κ3) is 2.95. The summed E-state index contributed by atoms with van der Waals surface area (Å²) < 4.78 is 0. The van der Waals surface area contributed by atoms with Gasteiger partial charge >= 0.3 is 0 Å². The molecule has 0 radical (unpaired) electrons. The number of hydrogen-bond donors (Lipinski definition) is 2. The second kappa shape index (κ2) is 5.98. The van der Waals surface area contributed by atoms with Crippen LogP contribution < -0.4 is 5.32 Å². The van der Waals surface area contributed by atoms with Crippen LogP contribution in [0.3, 0.4) is 0 Å². The first kappa shape index (κ1) is 14.9. The number of nitrogens with one attached hydrogen (secondary N) is 1. The highest BCUT2D eigenvalue weighted by atomic mass is 35.5. The summed E-state index contributed by atoms with van der Waals surface area (Å²) in [5.74, 6) is 0.666. The average molecular weight is 308 g/mol. The van der Waals surface area contributed by atoms with E-state index in [0.29, 0.717) is 17.4 Å². The molecule has 1 aromatic rings. The van der Waals surface area contributed by atoms with Crippen LogP contribution in [0.5, 0.6) is 0 Å². The minimum absolute atomic E-state index is 0.112. The number of hydrogen-bond acceptors (Lipinski definition) is 2. The average Bonchev–Trinajstić information content (AvgIpc) is 3.21. The zero-order chi connectivity index (χ0) is 14.9. The van der Waals surface area contributed by atoms with Crippen LogP contribution in [0.25, 0.3) is 0 Å². The molecule has 2 saturated carbocycles. The molecule has 0 aromatic heterocycles. The van der Waals surface area contributed by atoms with Crippen LogP contribution in [0.2, 0.25) is 5.02 Å². The number of rotatable bonds is 6. The lowest BCUT2D eigenvalue weighted by Gasteiger charge is -2.41. The molecule has 4 heteroatoms. The maximum absolute atomic E-state index is 12.8. The maximum atomic E-state index is 12.8. The molecule has 1 amide bonds. The minimum Gasteiger partial charge on any atom is -0.396 e. The Hall–Kier alpha value is -1.06. The van der Waals surface area contributed by atoms with Gasteiger partial charge in [-0.15, -0.1) is 0 Å². The van der Waals surface area contributed by atoms with Crippen LogP contribution in [0.4, 0.5) is 0 Å². The first-order valence-corrected chi connectivity index (χ1v) is 8.21. The zero-order valence-corrected chi connectivity index (χ0v) is 12.9. The molecule has 0 heterocycles. The molecule has 0 aliphatic heterocycles. The van der Waals surface area contributed by atoms with Crippen molar-refractivity contribution in [3.05, 3.63) is 34.9 Å². The van der Waals surface area contributed by atoms with E-state index in [9.17, 15) is 9.90 Å². The van der Waals surface area contributed by atoms with E-state index in [4.69, 9.17) is 11.6 Å². The maximum Gasteiger partial charge on any atom is 0.230 e. The number of aliphatic hydroxyl groups excluding tert-OH is 1. The molecule has 114 valence electrons. The summed E-state index contributed by atoms with van der Waals surface area (Å²) in [7, 11) is 0. The second-order valence-electron chi connectivity index (χ2n) is 6.38. The van der Waals surface area contributed by atoms with Crippen molar-refractivity contribution in [2.75, 3.05) is 6.61 Å². The van der Waals surface area contributed by atoms with Crippen LogP contribution in [0.15, 0.2) is 24.3 Å². The van der Waals surface area contributed by atoms with E-state index in [1.807, 2.05) is 24.3 Å². The van der Waals surface area contributed by atoms with E-state index in [1.54, 1.807) is 0 Å². The van der Waals surface area contributed by atoms with Gasteiger partial charge in [-0.1, -0.05) is 30.2 Å². The van der Waals surface area contributed by atoms with E-state index in [-0.39, 0.29) is 18.6 Å². The Morgan fingerprint density at radius 1 is 1.43 bits per heavy atom. The van der Waals surface area contributed by atoms with Gasteiger partial charge in [0.2, 0.25) is 5.91 Å². The quantitative estimate of drug-likeness (QED) is 0.848. The summed E-state index contributed by atoms with van der Waals surface area (Å²) in [6.45, 7) is 0.131. The van der Waals surface area contributed by atoms with Gasteiger partial charge in [-0.25, -0.2) is 0 Å². The molecule has 2 fully saturated rings. The number of amides is 1. The smallest absolute Gasteiger partial charge is 0.230 e. The molecule has 2 aliphatic rings. The van der Waals surface area contributed by atoms with Crippen LogP contribution in [0.1, 0.15) is 44.1 Å². The zero-order valence-electron chi connectivity index (χ0n) is 12.1. The lowest BCUT2D eigenvalue weighted by atomic mass is 9.63. The predicted molar refractivity (Wildman–Crippen MR) is 83.3 cm³/mol. The molecule has 1 aromatic carbocycles. The molecule has 1 atom stereocenters. The number of carbonyl (C=O) groups is 1. The summed E-state index contributed by atoms with van der Waals surface area (Å²) in [6, 6.07) is 7.80. The first-order chi connectivity index (χ1) is 10.2. The van der Waals surface area contributed by atoms with Crippen molar-refractivity contribution < 1.29 is 9.90 Å². The third-order valence-electron chi connectivity index (χ3n) is 4.97. The van der Waals surface area contributed by atoms with Gasteiger partial charge in [0.15, 0.2) is 0 Å². The summed E-state index contributed by atoms with van der Waals surface area (Å²) >= 11 is 6.09. The molecule has 3 nitrogen and oxygen atoms in total. The molecule has 2 N–H and O–H groups in total. The van der Waals surface area contributed by atoms with Crippen molar-refractivity contribution in [1.29, 1.82) is 0 Å². The number of benzene rings is 1. The van der Waals surface area contributed by atoms with Crippen LogP contribution in [0, 0.1) is 5.92 Å². The highest BCUT2D eigenvalue weighted by molar-refractivity contribution is 6.30. The van der Waals surface area contributed by atoms with Crippen LogP contribution in [-0.4, -0.2) is 23.7 Å². The fourth-order valence-corrected chi connectivity index (χ4v) is 3.52. The highest BCUT2D eigenvalue weighted by Gasteiger charge is 2.47. The summed E-state index contributed by atoms with van der Waals surface area (Å²) in [6.07, 6.45) is 5.83. The molecule has 2 aliphatic carbocycles. The van der Waals surface area contributed by atoms with E-state index in [0.717, 1.165) is 37.7 Å². The van der Waals surface area contributed by atoms with Gasteiger partial charge in [0.05, 0.1) is 5.41 Å². The van der Waals surface area contributed by atoms with E-state index in [2.05, 4.69) is 5.32 Å². The van der Waals surface area contributed by atoms with Crippen molar-refractivity contribution in [3.8, 4) is 0 Å². The Morgan fingerprint density at radius 3 is 2.71 bits per heavy atom. The largest absolute Gasteiger partial charge is 0.396 e. The van der Waals surface area contributed by atoms with Gasteiger partial charge in [0.1, 0.15) is 0 Å². The van der Waals surface area contributed by atoms with Crippen LogP contribution >= 0.6 is 11.6 Å². The number of aliphatic hydroxyl groups is 1. The van der Waals surface area contributed by atoms with Gasteiger partial charge in [0, 0.05) is 17.7 Å². The summed E-state index contributed by atoms with van der Waals surface area (Å²) in [5.41, 5.74) is 0.616. The molecule has 1 unspecified atom stereocenters. The monoisotopic (exact) mass is 307 g/mol. The van der Waals surface area contributed by atoms with E-state index >= 15 is 0 Å². The van der Waals surface area contributed by atoms with Gasteiger partial charge < -0.3 is 10.4 Å². The number of halogens is 1. The lowest BCUT2D eigenvalue weighted by Crippen LogP contribution is -2.52. The highest BCUT2D eigenvalue weighted by Crippen LogP contribution is 2.45. The Balaban J connectivity index is 1.77. The van der Waals surface area contributed by atoms with Gasteiger partial charge in [-0.05, 0) is 55.7 Å². The van der Waals surface area contributed by atoms with Crippen molar-refractivity contribution >= 4 is 17.5 Å². The minimum atomic E-state index is -0.409. The Morgan fingerprint density at radius 2 is 2.19 bits per heavy atom. The predicted octanol–water partition coefficient (Wildman–Crippen LogP) is 3.04. The van der Waals surface area contributed by atoms with Crippen molar-refractivity contribution in [2.45, 2.75) is 50.0 Å². The van der Waals surface area contributed by atoms with Gasteiger partial charge in [-0.2, -0.15) is 0 Å². The molecular formula is C17H22ClNO2. The molecule has 21 heavy (non-hydrogen) atoms. The van der Waals surface area contributed by atoms with Gasteiger partial charge in [0.25, 0.3) is 0 Å². The molecule has 0 spiro atoms.